The Kier molecular flexibility index (Phi) is 6.48. The highest BCUT2D eigenvalue weighted by molar-refractivity contribution is 14.1. The summed E-state index contributed by atoms with van der Waals surface area (Å²) >= 11 is 2.21. The molecule has 1 N–H and O–H groups in total. The second-order valence-electron chi connectivity index (χ2n) is 6.29. The summed E-state index contributed by atoms with van der Waals surface area (Å²) < 4.78 is 1.01. The van der Waals surface area contributed by atoms with Gasteiger partial charge in [-0.05, 0) is 65.9 Å². The van der Waals surface area contributed by atoms with Gasteiger partial charge in [0, 0.05) is 23.2 Å². The number of carbonyl (C=O) groups excluding carboxylic acids is 1. The highest BCUT2D eigenvalue weighted by Crippen LogP contribution is 2.20. The third kappa shape index (κ3) is 5.25. The Morgan fingerprint density at radius 2 is 1.95 bits per heavy atom. The van der Waals surface area contributed by atoms with Crippen LogP contribution in [0.25, 0.3) is 0 Å². The molecule has 2 rings (SSSR count). The van der Waals surface area contributed by atoms with E-state index in [1.807, 2.05) is 24.3 Å². The molecule has 0 radical (unpaired) electrons. The first kappa shape index (κ1) is 16.7. The summed E-state index contributed by atoms with van der Waals surface area (Å²) in [4.78, 5) is 14.6. The number of hydrogen-bond acceptors (Lipinski definition) is 2. The molecule has 21 heavy (non-hydrogen) atoms. The highest BCUT2D eigenvalue weighted by Gasteiger charge is 2.21. The van der Waals surface area contributed by atoms with Gasteiger partial charge in [-0.25, -0.2) is 0 Å². The van der Waals surface area contributed by atoms with Crippen LogP contribution in [0.3, 0.4) is 0 Å². The predicted molar refractivity (Wildman–Crippen MR) is 95.5 cm³/mol. The van der Waals surface area contributed by atoms with Gasteiger partial charge in [0.25, 0.3) is 5.91 Å². The molecule has 1 saturated heterocycles. The summed E-state index contributed by atoms with van der Waals surface area (Å²) in [5, 5.41) is 3.03. The zero-order valence-corrected chi connectivity index (χ0v) is 15.1. The third-order valence-corrected chi connectivity index (χ3v) is 4.94. The number of halogens is 1. The first-order chi connectivity index (χ1) is 10.1. The van der Waals surface area contributed by atoms with Crippen molar-refractivity contribution in [3.05, 3.63) is 33.4 Å². The fourth-order valence-electron chi connectivity index (χ4n) is 3.22. The Balaban J connectivity index is 1.70. The van der Waals surface area contributed by atoms with Crippen molar-refractivity contribution in [1.82, 2.24) is 10.2 Å². The largest absolute Gasteiger partial charge is 0.352 e. The quantitative estimate of drug-likeness (QED) is 0.607. The van der Waals surface area contributed by atoms with Crippen LogP contribution < -0.4 is 5.32 Å². The summed E-state index contributed by atoms with van der Waals surface area (Å²) in [5.41, 5.74) is 0.776. The van der Waals surface area contributed by atoms with Crippen molar-refractivity contribution in [2.24, 2.45) is 11.8 Å². The van der Waals surface area contributed by atoms with Gasteiger partial charge in [0.2, 0.25) is 0 Å². The van der Waals surface area contributed by atoms with Crippen molar-refractivity contribution in [2.75, 3.05) is 26.2 Å². The van der Waals surface area contributed by atoms with E-state index in [0.29, 0.717) is 0 Å². The molecule has 0 aliphatic carbocycles. The fourth-order valence-corrected chi connectivity index (χ4v) is 3.85. The molecule has 0 unspecified atom stereocenters. The standard InChI is InChI=1S/C17H25IN2O/c1-13-10-14(2)12-20(11-13)9-5-8-19-17(21)15-6-3-4-7-16(15)18/h3-4,6-7,13-14H,5,8-12H2,1-2H3,(H,19,21)/t13-,14-/m0/s1. The number of benzene rings is 1. The number of nitrogens with zero attached hydrogens (tertiary/aromatic N) is 1. The second-order valence-corrected chi connectivity index (χ2v) is 7.46. The van der Waals surface area contributed by atoms with Crippen molar-refractivity contribution in [3.63, 3.8) is 0 Å². The first-order valence-corrected chi connectivity index (χ1v) is 8.89. The topological polar surface area (TPSA) is 32.3 Å². The van der Waals surface area contributed by atoms with Crippen molar-refractivity contribution in [1.29, 1.82) is 0 Å². The van der Waals surface area contributed by atoms with E-state index in [9.17, 15) is 4.79 Å². The van der Waals surface area contributed by atoms with Crippen molar-refractivity contribution in [2.45, 2.75) is 26.7 Å². The second kappa shape index (κ2) is 8.13. The van der Waals surface area contributed by atoms with Gasteiger partial charge in [-0.2, -0.15) is 0 Å². The lowest BCUT2D eigenvalue weighted by atomic mass is 9.92. The lowest BCUT2D eigenvalue weighted by molar-refractivity contribution is 0.0946. The van der Waals surface area contributed by atoms with E-state index in [0.717, 1.165) is 40.5 Å². The normalized spacial score (nSPS) is 23.0. The van der Waals surface area contributed by atoms with Crippen LogP contribution in [0.1, 0.15) is 37.0 Å². The molecule has 1 fully saturated rings. The van der Waals surface area contributed by atoms with E-state index in [2.05, 4.69) is 46.7 Å². The number of rotatable bonds is 5. The Hall–Kier alpha value is -0.620. The number of amides is 1. The molecule has 2 atom stereocenters. The molecule has 1 heterocycles. The molecule has 1 aliphatic rings. The Morgan fingerprint density at radius 1 is 1.29 bits per heavy atom. The molecule has 1 aliphatic heterocycles. The number of carbonyl (C=O) groups is 1. The van der Waals surface area contributed by atoms with Gasteiger partial charge < -0.3 is 10.2 Å². The number of piperidine rings is 1. The minimum Gasteiger partial charge on any atom is -0.352 e. The molecule has 0 saturated carbocycles. The number of hydrogen-bond donors (Lipinski definition) is 1. The minimum absolute atomic E-state index is 0.0420. The van der Waals surface area contributed by atoms with E-state index < -0.39 is 0 Å². The lowest BCUT2D eigenvalue weighted by Crippen LogP contribution is -2.40. The molecule has 0 spiro atoms. The molecule has 0 bridgehead atoms. The van der Waals surface area contributed by atoms with Gasteiger partial charge in [0.05, 0.1) is 5.56 Å². The van der Waals surface area contributed by atoms with E-state index in [1.54, 1.807) is 0 Å². The maximum atomic E-state index is 12.1. The highest BCUT2D eigenvalue weighted by atomic mass is 127. The van der Waals surface area contributed by atoms with Crippen LogP contribution in [0.5, 0.6) is 0 Å². The number of nitrogens with one attached hydrogen (secondary N) is 1. The smallest absolute Gasteiger partial charge is 0.252 e. The van der Waals surface area contributed by atoms with E-state index in [-0.39, 0.29) is 5.91 Å². The van der Waals surface area contributed by atoms with Crippen LogP contribution in [-0.2, 0) is 0 Å². The van der Waals surface area contributed by atoms with Crippen LogP contribution in [0.4, 0.5) is 0 Å². The molecular weight excluding hydrogens is 375 g/mol. The van der Waals surface area contributed by atoms with Gasteiger partial charge in [0.15, 0.2) is 0 Å². The van der Waals surface area contributed by atoms with Crippen LogP contribution in [-0.4, -0.2) is 37.0 Å². The third-order valence-electron chi connectivity index (χ3n) is 4.00. The van der Waals surface area contributed by atoms with E-state index >= 15 is 0 Å². The van der Waals surface area contributed by atoms with Crippen LogP contribution in [0.15, 0.2) is 24.3 Å². The van der Waals surface area contributed by atoms with Gasteiger partial charge in [-0.3, -0.25) is 4.79 Å². The summed E-state index contributed by atoms with van der Waals surface area (Å²) in [6.07, 6.45) is 2.37. The molecule has 1 aromatic rings. The molecule has 1 amide bonds. The number of likely N-dealkylation sites (tertiary alicyclic amines) is 1. The van der Waals surface area contributed by atoms with Crippen LogP contribution >= 0.6 is 22.6 Å². The van der Waals surface area contributed by atoms with Gasteiger partial charge in [-0.1, -0.05) is 26.0 Å². The van der Waals surface area contributed by atoms with Crippen LogP contribution in [0.2, 0.25) is 0 Å². The van der Waals surface area contributed by atoms with E-state index in [1.165, 1.54) is 19.5 Å². The monoisotopic (exact) mass is 400 g/mol. The van der Waals surface area contributed by atoms with E-state index in [4.69, 9.17) is 0 Å². The molecular formula is C17H25IN2O. The minimum atomic E-state index is 0.0420. The van der Waals surface area contributed by atoms with Crippen molar-refractivity contribution >= 4 is 28.5 Å². The molecule has 0 aromatic heterocycles. The molecule has 3 nitrogen and oxygen atoms in total. The summed E-state index contributed by atoms with van der Waals surface area (Å²) in [5.74, 6) is 1.64. The maximum Gasteiger partial charge on any atom is 0.252 e. The van der Waals surface area contributed by atoms with Gasteiger partial charge in [-0.15, -0.1) is 0 Å². The van der Waals surface area contributed by atoms with Gasteiger partial charge >= 0.3 is 0 Å². The molecule has 4 heteroatoms. The van der Waals surface area contributed by atoms with Crippen LogP contribution in [0, 0.1) is 15.4 Å². The first-order valence-electron chi connectivity index (χ1n) is 7.81. The molecule has 1 aromatic carbocycles. The van der Waals surface area contributed by atoms with Crippen molar-refractivity contribution in [3.8, 4) is 0 Å². The summed E-state index contributed by atoms with van der Waals surface area (Å²) in [7, 11) is 0. The SMILES string of the molecule is C[C@H]1C[C@H](C)CN(CCCNC(=O)c2ccccc2I)C1. The molecule has 116 valence electrons. The maximum absolute atomic E-state index is 12.1. The average molecular weight is 400 g/mol. The zero-order valence-electron chi connectivity index (χ0n) is 12.9. The van der Waals surface area contributed by atoms with Crippen molar-refractivity contribution < 1.29 is 4.79 Å². The lowest BCUT2D eigenvalue weighted by Gasteiger charge is -2.34. The average Bonchev–Trinajstić information content (AvgIpc) is 2.43. The Labute approximate surface area is 141 Å². The zero-order chi connectivity index (χ0) is 15.2. The summed E-state index contributed by atoms with van der Waals surface area (Å²) in [6, 6.07) is 7.71. The fraction of sp³-hybridized carbons (Fsp3) is 0.588. The summed E-state index contributed by atoms with van der Waals surface area (Å²) in [6.45, 7) is 8.91. The Bertz CT molecular complexity index is 468. The Morgan fingerprint density at radius 3 is 2.62 bits per heavy atom. The van der Waals surface area contributed by atoms with Gasteiger partial charge in [0.1, 0.15) is 0 Å². The predicted octanol–water partition coefficient (Wildman–Crippen LogP) is 3.39.